The van der Waals surface area contributed by atoms with Crippen LogP contribution in [0.5, 0.6) is 17.2 Å². The molecule has 3 fully saturated rings. The number of nitrogens with zero attached hydrogens (tertiary/aromatic N) is 2. The highest BCUT2D eigenvalue weighted by Crippen LogP contribution is 2.70. The van der Waals surface area contributed by atoms with Crippen LogP contribution in [0.3, 0.4) is 0 Å². The Balaban J connectivity index is 1.22. The number of carbonyl (C=O) groups excluding carboxylic acids is 3. The van der Waals surface area contributed by atoms with E-state index in [0.717, 1.165) is 31.2 Å². The zero-order chi connectivity index (χ0) is 42.8. The van der Waals surface area contributed by atoms with Crippen LogP contribution in [-0.2, 0) is 25.1 Å². The van der Waals surface area contributed by atoms with E-state index >= 15 is 0 Å². The minimum Gasteiger partial charge on any atom is -0.497 e. The van der Waals surface area contributed by atoms with Gasteiger partial charge < -0.3 is 39.4 Å². The van der Waals surface area contributed by atoms with Crippen molar-refractivity contribution in [3.05, 3.63) is 97.1 Å². The summed E-state index contributed by atoms with van der Waals surface area (Å²) < 4.78 is 37.7. The van der Waals surface area contributed by atoms with Gasteiger partial charge >= 0.3 is 6.09 Å². The van der Waals surface area contributed by atoms with E-state index in [-0.39, 0.29) is 31.7 Å². The number of carbonyl (C=O) groups is 3. The molecule has 3 aliphatic rings. The molecule has 3 unspecified atom stereocenters. The topological polar surface area (TPSA) is 166 Å². The average molecular weight is 839 g/mol. The lowest BCUT2D eigenvalue weighted by Gasteiger charge is -2.36. The summed E-state index contributed by atoms with van der Waals surface area (Å²) in [6, 6.07) is 21.6. The molecule has 0 spiro atoms. The standard InChI is InChI=1S/C46H55N4O9P/c1-7-31-26-46(31,60(54,55)28-29-13-9-8-10-14-29)49-42(51)39-24-35(27-50(39)43(52)41(45(2,3)4)48-44(53)59-33-15-11-12-16-33)58-40-25-37(30-17-19-32(56-5)20-18-30)47-38-23-34(57-6)21-22-36(38)40/h7-10,13-14,17-23,25,31,33,35,39,41H,1,11-12,15-16,24,26-28H2,2-6H3,(H,48,53)(H,49,51)(H,54,55)/t31-,35?,39+,41?,46+/m1/s1. The summed E-state index contributed by atoms with van der Waals surface area (Å²) in [7, 11) is -0.899. The lowest BCUT2D eigenvalue weighted by atomic mass is 9.85. The predicted octanol–water partition coefficient (Wildman–Crippen LogP) is 7.84. The molecule has 1 aromatic heterocycles. The number of alkyl carbamates (subject to hydrolysis) is 1. The number of likely N-dealkylation sites (tertiary alicyclic amines) is 1. The Hall–Kier alpha value is -5.39. The highest BCUT2D eigenvalue weighted by atomic mass is 31.2. The molecule has 2 aliphatic carbocycles. The van der Waals surface area contributed by atoms with Crippen LogP contribution in [-0.4, -0.2) is 83.0 Å². The van der Waals surface area contributed by atoms with Gasteiger partial charge in [0.1, 0.15) is 46.8 Å². The van der Waals surface area contributed by atoms with E-state index in [1.807, 2.05) is 75.4 Å². The minimum absolute atomic E-state index is 0.0145. The number of hydrogen-bond donors (Lipinski definition) is 3. The van der Waals surface area contributed by atoms with Gasteiger partial charge in [-0.1, -0.05) is 57.2 Å². The number of hydrogen-bond acceptors (Lipinski definition) is 9. The number of amides is 3. The molecular formula is C46H55N4O9P. The third kappa shape index (κ3) is 9.02. The number of methoxy groups -OCH3 is 2. The zero-order valence-corrected chi connectivity index (χ0v) is 35.8. The molecule has 4 aromatic rings. The first-order valence-corrected chi connectivity index (χ1v) is 22.4. The van der Waals surface area contributed by atoms with E-state index in [0.29, 0.717) is 39.4 Å². The van der Waals surface area contributed by atoms with E-state index in [1.165, 1.54) is 4.90 Å². The van der Waals surface area contributed by atoms with Crippen LogP contribution in [0.25, 0.3) is 22.2 Å². The fourth-order valence-corrected chi connectivity index (χ4v) is 10.8. The van der Waals surface area contributed by atoms with Crippen molar-refractivity contribution in [1.82, 2.24) is 20.5 Å². The fourth-order valence-electron chi connectivity index (χ4n) is 8.44. The monoisotopic (exact) mass is 838 g/mol. The number of pyridine rings is 1. The van der Waals surface area contributed by atoms with Crippen LogP contribution in [0.1, 0.15) is 64.9 Å². The molecule has 0 bridgehead atoms. The minimum atomic E-state index is -4.08. The van der Waals surface area contributed by atoms with Crippen molar-refractivity contribution >= 4 is 36.2 Å². The van der Waals surface area contributed by atoms with E-state index in [9.17, 15) is 23.8 Å². The first-order chi connectivity index (χ1) is 28.6. The van der Waals surface area contributed by atoms with Gasteiger partial charge in [0.15, 0.2) is 0 Å². The van der Waals surface area contributed by atoms with E-state index in [4.69, 9.17) is 23.9 Å². The van der Waals surface area contributed by atoms with Crippen LogP contribution in [0.2, 0.25) is 0 Å². The number of aromatic nitrogens is 1. The average Bonchev–Trinajstić information content (AvgIpc) is 3.48. The highest BCUT2D eigenvalue weighted by Gasteiger charge is 2.65. The molecule has 3 amide bonds. The van der Waals surface area contributed by atoms with Gasteiger partial charge in [-0.15, -0.1) is 6.58 Å². The third-order valence-corrected chi connectivity index (χ3v) is 14.6. The Morgan fingerprint density at radius 1 is 0.983 bits per heavy atom. The largest absolute Gasteiger partial charge is 0.497 e. The second-order valence-corrected chi connectivity index (χ2v) is 19.7. The molecule has 7 rings (SSSR count). The summed E-state index contributed by atoms with van der Waals surface area (Å²) >= 11 is 0. The van der Waals surface area contributed by atoms with Gasteiger partial charge in [-0.3, -0.25) is 14.2 Å². The third-order valence-electron chi connectivity index (χ3n) is 11.9. The molecule has 14 heteroatoms. The lowest BCUT2D eigenvalue weighted by molar-refractivity contribution is -0.142. The Bertz CT molecular complexity index is 2280. The second kappa shape index (κ2) is 17.3. The molecule has 3 N–H and O–H groups in total. The summed E-state index contributed by atoms with van der Waals surface area (Å²) in [5, 5.41) is 5.03. The normalized spacial score (nSPS) is 23.0. The quantitative estimate of drug-likeness (QED) is 0.0842. The summed E-state index contributed by atoms with van der Waals surface area (Å²) in [4.78, 5) is 60.9. The first-order valence-electron chi connectivity index (χ1n) is 20.5. The maximum Gasteiger partial charge on any atom is 0.408 e. The Kier molecular flexibility index (Phi) is 12.3. The Morgan fingerprint density at radius 3 is 2.30 bits per heavy atom. The Labute approximate surface area is 351 Å². The zero-order valence-electron chi connectivity index (χ0n) is 34.9. The molecule has 13 nitrogen and oxygen atoms in total. The summed E-state index contributed by atoms with van der Waals surface area (Å²) in [6.45, 7) is 9.39. The highest BCUT2D eigenvalue weighted by molar-refractivity contribution is 7.59. The van der Waals surface area contributed by atoms with Crippen molar-refractivity contribution in [3.63, 3.8) is 0 Å². The van der Waals surface area contributed by atoms with E-state index in [1.54, 1.807) is 44.6 Å². The maximum absolute atomic E-state index is 14.9. The lowest BCUT2D eigenvalue weighted by Crippen LogP contribution is -2.58. The van der Waals surface area contributed by atoms with Gasteiger partial charge in [0.25, 0.3) is 0 Å². The molecule has 1 aliphatic heterocycles. The van der Waals surface area contributed by atoms with Crippen LogP contribution in [0.15, 0.2) is 91.5 Å². The molecule has 60 heavy (non-hydrogen) atoms. The van der Waals surface area contributed by atoms with Crippen molar-refractivity contribution in [2.45, 2.75) is 95.0 Å². The molecule has 2 saturated carbocycles. The van der Waals surface area contributed by atoms with Crippen LogP contribution in [0, 0.1) is 11.3 Å². The number of nitrogens with one attached hydrogen (secondary N) is 2. The van der Waals surface area contributed by atoms with E-state index in [2.05, 4.69) is 17.2 Å². The molecule has 318 valence electrons. The summed E-state index contributed by atoms with van der Waals surface area (Å²) in [6.07, 6.45) is 3.57. The van der Waals surface area contributed by atoms with Gasteiger partial charge in [-0.25, -0.2) is 9.78 Å². The second-order valence-electron chi connectivity index (χ2n) is 17.2. The molecule has 0 radical (unpaired) electrons. The maximum atomic E-state index is 14.9. The number of benzene rings is 3. The number of rotatable bonds is 14. The Morgan fingerprint density at radius 2 is 1.67 bits per heavy atom. The molecule has 3 aromatic carbocycles. The number of ether oxygens (including phenoxy) is 4. The SMILES string of the molecule is C=C[C@@H]1C[C@]1(NC(=O)[C@@H]1CC(Oc2cc(-c3ccc(OC)cc3)nc3cc(OC)ccc23)CN1C(=O)C(NC(=O)OC1CCCC1)C(C)(C)C)P(=O)(O)Cc1ccccc1. The van der Waals surface area contributed by atoms with Crippen molar-refractivity contribution in [3.8, 4) is 28.5 Å². The molecular weight excluding hydrogens is 783 g/mol. The molecule has 2 heterocycles. The number of fused-ring (bicyclic) bond motifs is 1. The molecule has 1 saturated heterocycles. The van der Waals surface area contributed by atoms with Crippen LogP contribution in [0.4, 0.5) is 4.79 Å². The predicted molar refractivity (Wildman–Crippen MR) is 229 cm³/mol. The van der Waals surface area contributed by atoms with Crippen molar-refractivity contribution in [1.29, 1.82) is 0 Å². The van der Waals surface area contributed by atoms with Gasteiger partial charge in [0, 0.05) is 35.4 Å². The van der Waals surface area contributed by atoms with Gasteiger partial charge in [-0.05, 0) is 79.5 Å². The van der Waals surface area contributed by atoms with Gasteiger partial charge in [0.2, 0.25) is 19.2 Å². The first kappa shape index (κ1) is 42.7. The summed E-state index contributed by atoms with van der Waals surface area (Å²) in [5.74, 6) is 0.231. The smallest absolute Gasteiger partial charge is 0.408 e. The van der Waals surface area contributed by atoms with Crippen LogP contribution >= 0.6 is 7.37 Å². The van der Waals surface area contributed by atoms with Crippen LogP contribution < -0.4 is 24.8 Å². The van der Waals surface area contributed by atoms with Crippen molar-refractivity contribution < 1.29 is 42.8 Å². The van der Waals surface area contributed by atoms with Crippen molar-refractivity contribution in [2.24, 2.45) is 11.3 Å². The molecule has 6 atom stereocenters. The summed E-state index contributed by atoms with van der Waals surface area (Å²) in [5.41, 5.74) is 1.91. The van der Waals surface area contributed by atoms with E-state index < -0.39 is 60.1 Å². The van der Waals surface area contributed by atoms with Crippen molar-refractivity contribution in [2.75, 3.05) is 20.8 Å². The fraction of sp³-hybridized carbons (Fsp3) is 0.435. The van der Waals surface area contributed by atoms with Gasteiger partial charge in [-0.2, -0.15) is 0 Å². The van der Waals surface area contributed by atoms with Gasteiger partial charge in [0.05, 0.1) is 38.1 Å².